The normalized spacial score (nSPS) is 51.4. The van der Waals surface area contributed by atoms with Gasteiger partial charge in [0.05, 0.1) is 32.5 Å². The largest absolute Gasteiger partial charge is 0.479 e. The van der Waals surface area contributed by atoms with Crippen LogP contribution >= 0.6 is 0 Å². The molecule has 32 heteroatoms. The molecule has 6 fully saturated rings. The molecular weight excluding hydrogens is 966 g/mol. The maximum Gasteiger partial charge on any atom is 0.335 e. The molecule has 0 aromatic heterocycles. The molecule has 6 rings (SSSR count). The zero-order chi connectivity index (χ0) is 51.8. The number of aliphatic hydroxyl groups is 17. The van der Waals surface area contributed by atoms with Crippen LogP contribution in [0.1, 0.15) is 13.8 Å². The highest BCUT2D eigenvalue weighted by Crippen LogP contribution is 2.39. The Morgan fingerprint density at radius 2 is 0.829 bits per heavy atom. The van der Waals surface area contributed by atoms with E-state index in [1.165, 1.54) is 6.92 Å². The van der Waals surface area contributed by atoms with E-state index in [0.717, 1.165) is 6.92 Å². The number of aliphatic carboxylic acids is 1. The molecule has 19 N–H and O–H groups in total. The monoisotopic (exact) mass is 1030 g/mol. The molecule has 30 atom stereocenters. The standard InChI is InChI=1S/C38H63NO31/c1-7-14(45)18(49)22(53)34(60-7)70-31-30(69-37-25(56)28(17(48)11(5-42)63-37)67-36-24(55)20(51)21(52)29(68-36)32(57)58)26(65-35-23(54)19(50)15(46)9(3-40)62-35)12(6-43)64-38(31)66-27-13(39-8(2)44)33(59)61-10(4-41)16(27)47/h7,9-31,33-38,40-43,45-56,59H,3-6H2,1-2H3,(H,39,44)(H,57,58)/t7-,9+,10+,11+,12+,13+,14+,15-,16-,17-,18+,19-,20-,21-,22-,23+,24+,25+,26-,27+,28-,29-,30-,31+,33-,34-,35-,36+,37-,38-/m0/s1. The summed E-state index contributed by atoms with van der Waals surface area (Å²) >= 11 is 0. The van der Waals surface area contributed by atoms with Crippen molar-refractivity contribution in [3.63, 3.8) is 0 Å². The number of carboxylic acid groups (broad SMARTS) is 1. The summed E-state index contributed by atoms with van der Waals surface area (Å²) in [4.78, 5) is 24.2. The number of ether oxygens (including phenoxy) is 11. The van der Waals surface area contributed by atoms with E-state index < -0.39 is 222 Å². The van der Waals surface area contributed by atoms with E-state index in [1.54, 1.807) is 0 Å². The Hall–Kier alpha value is -2.18. The number of aliphatic hydroxyl groups excluding tert-OH is 17. The Bertz CT molecular complexity index is 1690. The van der Waals surface area contributed by atoms with E-state index in [4.69, 9.17) is 52.1 Å². The Kier molecular flexibility index (Phi) is 19.6. The van der Waals surface area contributed by atoms with Crippen LogP contribution in [0.2, 0.25) is 0 Å². The van der Waals surface area contributed by atoms with Gasteiger partial charge >= 0.3 is 5.97 Å². The quantitative estimate of drug-likeness (QED) is 0.0682. The molecule has 6 aliphatic heterocycles. The average molecular weight is 1030 g/mol. The molecule has 0 bridgehead atoms. The molecule has 32 nitrogen and oxygen atoms in total. The van der Waals surface area contributed by atoms with E-state index in [9.17, 15) is 102 Å². The molecule has 0 aromatic rings. The number of carboxylic acids is 1. The Morgan fingerprint density at radius 1 is 0.414 bits per heavy atom. The van der Waals surface area contributed by atoms with Gasteiger partial charge in [0.25, 0.3) is 0 Å². The molecule has 1 amide bonds. The van der Waals surface area contributed by atoms with Gasteiger partial charge in [0.2, 0.25) is 5.91 Å². The van der Waals surface area contributed by atoms with Crippen LogP contribution in [-0.2, 0) is 61.7 Å². The minimum atomic E-state index is -2.42. The Labute approximate surface area is 395 Å². The molecule has 0 spiro atoms. The summed E-state index contributed by atoms with van der Waals surface area (Å²) in [6, 6.07) is -1.73. The minimum absolute atomic E-state index is 0.827. The SMILES string of the molecule is CC(=O)N[C@@H]1[C@@H](O[C@@H]2O[C@H](CO)[C@H](O[C@@H]3O[C@H](CO)[C@H](O)[C@H](O)[C@H]3O)[C@H](O[C@@H]3O[C@H](CO)[C@H](O)[C@H](O[C@@H]4O[C@H](C(=O)O)[C@@H](O)[C@H](O)[C@H]4O)[C@H]3O)[C@H]2O[C@@H]2O[C@@H](C)[C@@H](O)[C@@H](O)[C@@H]2O)[C@@H](O)[C@@H](CO)O[C@@H]1O. The summed E-state index contributed by atoms with van der Waals surface area (Å²) in [5.74, 6) is -2.67. The van der Waals surface area contributed by atoms with Crippen LogP contribution in [0, 0.1) is 0 Å². The molecule has 6 aliphatic rings. The molecule has 6 saturated heterocycles. The van der Waals surface area contributed by atoms with E-state index in [2.05, 4.69) is 5.32 Å². The van der Waals surface area contributed by atoms with E-state index in [1.807, 2.05) is 0 Å². The third kappa shape index (κ3) is 11.7. The highest BCUT2D eigenvalue weighted by Gasteiger charge is 2.60. The van der Waals surface area contributed by atoms with Crippen LogP contribution in [-0.4, -0.2) is 314 Å². The number of carbonyl (C=O) groups excluding carboxylic acids is 1. The van der Waals surface area contributed by atoms with Crippen molar-refractivity contribution in [2.24, 2.45) is 0 Å². The summed E-state index contributed by atoms with van der Waals surface area (Å²) in [5, 5.41) is 195. The van der Waals surface area contributed by atoms with Crippen molar-refractivity contribution in [3.05, 3.63) is 0 Å². The van der Waals surface area contributed by atoms with Crippen LogP contribution < -0.4 is 5.32 Å². The van der Waals surface area contributed by atoms with Gasteiger partial charge in [-0.25, -0.2) is 4.79 Å². The zero-order valence-corrected chi connectivity index (χ0v) is 37.0. The van der Waals surface area contributed by atoms with Crippen molar-refractivity contribution in [1.29, 1.82) is 0 Å². The van der Waals surface area contributed by atoms with Crippen LogP contribution in [0.15, 0.2) is 0 Å². The summed E-state index contributed by atoms with van der Waals surface area (Å²) in [6.45, 7) is -2.01. The topological polar surface area (TPSA) is 512 Å². The molecule has 0 aliphatic carbocycles. The number of amides is 1. The number of nitrogens with one attached hydrogen (secondary N) is 1. The highest BCUT2D eigenvalue weighted by atomic mass is 16.8. The number of hydrogen-bond acceptors (Lipinski definition) is 30. The van der Waals surface area contributed by atoms with Crippen molar-refractivity contribution >= 4 is 11.9 Å². The fourth-order valence-corrected chi connectivity index (χ4v) is 8.80. The average Bonchev–Trinajstić information content (AvgIpc) is 3.32. The predicted molar refractivity (Wildman–Crippen MR) is 210 cm³/mol. The van der Waals surface area contributed by atoms with Gasteiger partial charge in [-0.3, -0.25) is 4.79 Å². The third-order valence-corrected chi connectivity index (χ3v) is 12.8. The number of rotatable bonds is 16. The first-order chi connectivity index (χ1) is 33.0. The van der Waals surface area contributed by atoms with Crippen molar-refractivity contribution < 1.29 is 154 Å². The smallest absolute Gasteiger partial charge is 0.335 e. The lowest BCUT2D eigenvalue weighted by Crippen LogP contribution is -2.71. The maximum absolute atomic E-state index is 12.4. The molecule has 406 valence electrons. The minimum Gasteiger partial charge on any atom is -0.479 e. The highest BCUT2D eigenvalue weighted by molar-refractivity contribution is 5.73. The second-order valence-electron chi connectivity index (χ2n) is 17.5. The van der Waals surface area contributed by atoms with Gasteiger partial charge < -0.3 is 149 Å². The predicted octanol–water partition coefficient (Wildman–Crippen LogP) is -12.8. The lowest BCUT2D eigenvalue weighted by Gasteiger charge is -2.52. The first-order valence-electron chi connectivity index (χ1n) is 22.0. The van der Waals surface area contributed by atoms with Gasteiger partial charge in [-0.2, -0.15) is 0 Å². The van der Waals surface area contributed by atoms with Crippen LogP contribution in [0.5, 0.6) is 0 Å². The van der Waals surface area contributed by atoms with Crippen LogP contribution in [0.3, 0.4) is 0 Å². The lowest BCUT2D eigenvalue weighted by molar-refractivity contribution is -0.418. The Balaban J connectivity index is 1.46. The number of carbonyl (C=O) groups is 2. The summed E-state index contributed by atoms with van der Waals surface area (Å²) in [7, 11) is 0. The fraction of sp³-hybridized carbons (Fsp3) is 0.947. The van der Waals surface area contributed by atoms with Gasteiger partial charge in [-0.05, 0) is 6.92 Å². The first-order valence-corrected chi connectivity index (χ1v) is 22.0. The second-order valence-corrected chi connectivity index (χ2v) is 17.5. The molecule has 0 aromatic carbocycles. The van der Waals surface area contributed by atoms with Gasteiger partial charge in [0.15, 0.2) is 43.8 Å². The van der Waals surface area contributed by atoms with Gasteiger partial charge in [-0.15, -0.1) is 0 Å². The lowest BCUT2D eigenvalue weighted by atomic mass is 9.94. The van der Waals surface area contributed by atoms with Crippen molar-refractivity contribution in [2.45, 2.75) is 198 Å². The number of hydrogen-bond donors (Lipinski definition) is 19. The summed E-state index contributed by atoms with van der Waals surface area (Å²) < 4.78 is 63.7. The Morgan fingerprint density at radius 3 is 1.39 bits per heavy atom. The van der Waals surface area contributed by atoms with E-state index in [0.29, 0.717) is 0 Å². The second kappa shape index (κ2) is 24.0. The summed E-state index contributed by atoms with van der Waals surface area (Å²) in [5.41, 5.74) is 0. The van der Waals surface area contributed by atoms with Crippen LogP contribution in [0.4, 0.5) is 0 Å². The van der Waals surface area contributed by atoms with Crippen molar-refractivity contribution in [2.75, 3.05) is 26.4 Å². The molecule has 6 heterocycles. The van der Waals surface area contributed by atoms with Crippen molar-refractivity contribution in [1.82, 2.24) is 5.32 Å². The van der Waals surface area contributed by atoms with Crippen LogP contribution in [0.25, 0.3) is 0 Å². The molecular formula is C38H63NO31. The fourth-order valence-electron chi connectivity index (χ4n) is 8.80. The molecule has 70 heavy (non-hydrogen) atoms. The first kappa shape index (κ1) is 57.1. The third-order valence-electron chi connectivity index (χ3n) is 12.8. The van der Waals surface area contributed by atoms with Gasteiger partial charge in [0, 0.05) is 6.92 Å². The molecule has 0 saturated carbocycles. The summed E-state index contributed by atoms with van der Waals surface area (Å²) in [6.07, 6.45) is -59.9. The van der Waals surface area contributed by atoms with Crippen molar-refractivity contribution in [3.8, 4) is 0 Å². The molecule has 0 unspecified atom stereocenters. The van der Waals surface area contributed by atoms with E-state index >= 15 is 0 Å². The van der Waals surface area contributed by atoms with Gasteiger partial charge in [0.1, 0.15) is 134 Å². The zero-order valence-electron chi connectivity index (χ0n) is 37.0. The van der Waals surface area contributed by atoms with Gasteiger partial charge in [-0.1, -0.05) is 0 Å². The molecule has 0 radical (unpaired) electrons. The van der Waals surface area contributed by atoms with E-state index in [-0.39, 0.29) is 0 Å². The maximum atomic E-state index is 12.4.